The van der Waals surface area contributed by atoms with E-state index in [9.17, 15) is 20.1 Å². The number of hydrogen-bond acceptors (Lipinski definition) is 5. The molecule has 3 aliphatic carbocycles. The van der Waals surface area contributed by atoms with Crippen molar-refractivity contribution in [3.05, 3.63) is 65.2 Å². The highest BCUT2D eigenvalue weighted by Crippen LogP contribution is 2.61. The van der Waals surface area contributed by atoms with E-state index in [0.717, 1.165) is 25.7 Å². The Kier molecular flexibility index (Phi) is 4.73. The molecule has 0 aromatic heterocycles. The van der Waals surface area contributed by atoms with E-state index >= 15 is 0 Å². The fraction of sp³-hybridized carbons (Fsp3) is 0.480. The second-order valence-corrected chi connectivity index (χ2v) is 9.42. The quantitative estimate of drug-likeness (QED) is 0.525. The Labute approximate surface area is 176 Å². The van der Waals surface area contributed by atoms with Gasteiger partial charge in [-0.05, 0) is 78.8 Å². The van der Waals surface area contributed by atoms with Gasteiger partial charge in [0.2, 0.25) is 0 Å². The lowest BCUT2D eigenvalue weighted by molar-refractivity contribution is -0.0505. The van der Waals surface area contributed by atoms with Gasteiger partial charge in [-0.3, -0.25) is 0 Å². The van der Waals surface area contributed by atoms with Crippen molar-refractivity contribution < 1.29 is 24.9 Å². The van der Waals surface area contributed by atoms with Crippen molar-refractivity contribution in [2.75, 3.05) is 0 Å². The zero-order chi connectivity index (χ0) is 21.0. The Morgan fingerprint density at radius 3 is 2.57 bits per heavy atom. The average molecular weight is 408 g/mol. The topological polar surface area (TPSA) is 87.0 Å². The lowest BCUT2D eigenvalue weighted by atomic mass is 9.55. The van der Waals surface area contributed by atoms with E-state index in [1.54, 1.807) is 12.1 Å². The minimum atomic E-state index is -1.07. The molecule has 158 valence electrons. The fourth-order valence-electron chi connectivity index (χ4n) is 6.42. The first-order valence-corrected chi connectivity index (χ1v) is 10.8. The van der Waals surface area contributed by atoms with Crippen LogP contribution in [0.4, 0.5) is 0 Å². The van der Waals surface area contributed by atoms with Gasteiger partial charge in [-0.15, -0.1) is 0 Å². The predicted octanol–water partition coefficient (Wildman–Crippen LogP) is 3.06. The first kappa shape index (κ1) is 19.7. The van der Waals surface area contributed by atoms with Gasteiger partial charge in [0.1, 0.15) is 11.9 Å². The minimum Gasteiger partial charge on any atom is -0.423 e. The first-order valence-electron chi connectivity index (χ1n) is 10.8. The van der Waals surface area contributed by atoms with Gasteiger partial charge < -0.3 is 20.1 Å². The molecule has 7 atom stereocenters. The second-order valence-electron chi connectivity index (χ2n) is 9.42. The number of ether oxygens (including phenoxy) is 1. The highest BCUT2D eigenvalue weighted by atomic mass is 16.5. The number of rotatable bonds is 2. The number of esters is 1. The monoisotopic (exact) mass is 408 g/mol. The molecule has 2 saturated carbocycles. The number of carbonyl (C=O) groups is 1. The maximum Gasteiger partial charge on any atom is 0.343 e. The number of carbonyl (C=O) groups excluding carboxylic acids is 1. The molecule has 0 aliphatic heterocycles. The Hall–Kier alpha value is -2.21. The van der Waals surface area contributed by atoms with Crippen LogP contribution in [0.3, 0.4) is 0 Å². The Balaban J connectivity index is 1.39. The van der Waals surface area contributed by atoms with E-state index in [1.165, 1.54) is 11.1 Å². The van der Waals surface area contributed by atoms with E-state index in [-0.39, 0.29) is 23.7 Å². The smallest absolute Gasteiger partial charge is 0.343 e. The maximum atomic E-state index is 12.4. The molecular weight excluding hydrogens is 380 g/mol. The van der Waals surface area contributed by atoms with Gasteiger partial charge in [-0.1, -0.05) is 31.2 Å². The maximum absolute atomic E-state index is 12.4. The summed E-state index contributed by atoms with van der Waals surface area (Å²) in [5.74, 6) is 0.599. The molecule has 3 aliphatic rings. The zero-order valence-electron chi connectivity index (χ0n) is 17.1. The SMILES string of the molecule is CC12CCC3c4ccc(OC(=O)c5ccccc5)cc4CCC3C1C(O)C(O)C2O. The molecule has 30 heavy (non-hydrogen) atoms. The molecule has 2 fully saturated rings. The van der Waals surface area contributed by atoms with Crippen LogP contribution in [0.25, 0.3) is 0 Å². The molecule has 0 saturated heterocycles. The summed E-state index contributed by atoms with van der Waals surface area (Å²) in [5, 5.41) is 31.6. The van der Waals surface area contributed by atoms with Crippen molar-refractivity contribution >= 4 is 5.97 Å². The van der Waals surface area contributed by atoms with E-state index in [1.807, 2.05) is 37.3 Å². The first-order chi connectivity index (χ1) is 14.4. The molecule has 0 spiro atoms. The van der Waals surface area contributed by atoms with Crippen molar-refractivity contribution in [2.24, 2.45) is 17.3 Å². The summed E-state index contributed by atoms with van der Waals surface area (Å²) in [6, 6.07) is 14.8. The normalized spacial score (nSPS) is 37.1. The van der Waals surface area contributed by atoms with Gasteiger partial charge in [-0.25, -0.2) is 4.79 Å². The van der Waals surface area contributed by atoms with E-state index in [0.29, 0.717) is 11.3 Å². The van der Waals surface area contributed by atoms with Crippen molar-refractivity contribution in [1.82, 2.24) is 0 Å². The van der Waals surface area contributed by atoms with Crippen molar-refractivity contribution in [3.63, 3.8) is 0 Å². The summed E-state index contributed by atoms with van der Waals surface area (Å²) < 4.78 is 5.59. The molecule has 7 unspecified atom stereocenters. The van der Waals surface area contributed by atoms with Crippen LogP contribution in [0, 0.1) is 17.3 Å². The van der Waals surface area contributed by atoms with Gasteiger partial charge in [-0.2, -0.15) is 0 Å². The molecule has 2 aromatic rings. The van der Waals surface area contributed by atoms with E-state index in [4.69, 9.17) is 4.74 Å². The number of aliphatic hydroxyl groups is 3. The summed E-state index contributed by atoms with van der Waals surface area (Å²) in [4.78, 5) is 12.4. The standard InChI is InChI=1S/C25H28O5/c1-25-12-11-18-17-10-8-16(30-24(29)14-5-3-2-4-6-14)13-15(17)7-9-19(18)20(25)21(26)22(27)23(25)28/h2-6,8,10,13,18-23,26-28H,7,9,11-12H2,1H3. The van der Waals surface area contributed by atoms with Crippen LogP contribution in [0.15, 0.2) is 48.5 Å². The van der Waals surface area contributed by atoms with Crippen molar-refractivity contribution in [1.29, 1.82) is 0 Å². The lowest BCUT2D eigenvalue weighted by Gasteiger charge is -2.50. The molecule has 0 bridgehead atoms. The predicted molar refractivity (Wildman–Crippen MR) is 111 cm³/mol. The highest BCUT2D eigenvalue weighted by Gasteiger charge is 2.62. The third kappa shape index (κ3) is 2.91. The zero-order valence-corrected chi connectivity index (χ0v) is 17.1. The number of benzene rings is 2. The Morgan fingerprint density at radius 1 is 1.03 bits per heavy atom. The summed E-state index contributed by atoms with van der Waals surface area (Å²) in [7, 11) is 0. The van der Waals surface area contributed by atoms with Crippen LogP contribution >= 0.6 is 0 Å². The summed E-state index contributed by atoms with van der Waals surface area (Å²) in [6.07, 6.45) is 0.594. The van der Waals surface area contributed by atoms with Gasteiger partial charge in [0.15, 0.2) is 0 Å². The van der Waals surface area contributed by atoms with Gasteiger partial charge in [0.05, 0.1) is 17.8 Å². The number of aliphatic hydroxyl groups excluding tert-OH is 3. The minimum absolute atomic E-state index is 0.106. The molecule has 0 heterocycles. The summed E-state index contributed by atoms with van der Waals surface area (Å²) >= 11 is 0. The lowest BCUT2D eigenvalue weighted by Crippen LogP contribution is -2.46. The third-order valence-electron chi connectivity index (χ3n) is 7.93. The molecule has 3 N–H and O–H groups in total. The van der Waals surface area contributed by atoms with Crippen molar-refractivity contribution in [3.8, 4) is 5.75 Å². The van der Waals surface area contributed by atoms with Gasteiger partial charge in [0.25, 0.3) is 0 Å². The van der Waals surface area contributed by atoms with Gasteiger partial charge in [0, 0.05) is 5.41 Å². The van der Waals surface area contributed by atoms with E-state index < -0.39 is 23.7 Å². The van der Waals surface area contributed by atoms with Crippen LogP contribution in [-0.2, 0) is 6.42 Å². The highest BCUT2D eigenvalue weighted by molar-refractivity contribution is 5.91. The molecule has 0 radical (unpaired) electrons. The molecule has 2 aromatic carbocycles. The van der Waals surface area contributed by atoms with E-state index in [2.05, 4.69) is 6.07 Å². The molecule has 5 rings (SSSR count). The van der Waals surface area contributed by atoms with Crippen LogP contribution < -0.4 is 4.74 Å². The Bertz CT molecular complexity index is 957. The molecule has 5 heteroatoms. The second kappa shape index (κ2) is 7.19. The number of hydrogen-bond donors (Lipinski definition) is 3. The van der Waals surface area contributed by atoms with Crippen LogP contribution in [0.1, 0.15) is 53.6 Å². The molecule has 5 nitrogen and oxygen atoms in total. The Morgan fingerprint density at radius 2 is 1.80 bits per heavy atom. The third-order valence-corrected chi connectivity index (χ3v) is 7.93. The fourth-order valence-corrected chi connectivity index (χ4v) is 6.42. The summed E-state index contributed by atoms with van der Waals surface area (Å²) in [5.41, 5.74) is 2.51. The molecule has 0 amide bonds. The van der Waals surface area contributed by atoms with Crippen LogP contribution in [0.5, 0.6) is 5.75 Å². The average Bonchev–Trinajstić information content (AvgIpc) is 2.94. The summed E-state index contributed by atoms with van der Waals surface area (Å²) in [6.45, 7) is 2.01. The number of aryl methyl sites for hydroxylation is 1. The van der Waals surface area contributed by atoms with Crippen LogP contribution in [-0.4, -0.2) is 39.6 Å². The van der Waals surface area contributed by atoms with Crippen molar-refractivity contribution in [2.45, 2.75) is 56.8 Å². The van der Waals surface area contributed by atoms with Crippen LogP contribution in [0.2, 0.25) is 0 Å². The number of fused-ring (bicyclic) bond motifs is 5. The van der Waals surface area contributed by atoms with Gasteiger partial charge >= 0.3 is 5.97 Å². The molecular formula is C25H28O5. The largest absolute Gasteiger partial charge is 0.423 e.